The standard InChI is InChI=1S/C10H13N3OS2/c1-2-8(9-11-3-4-16-9)13-7(6-14)5-12-10(13)15/h3-5,8,14H,2,6H2,1H3,(H,12,15). The van der Waals surface area contributed by atoms with Crippen LogP contribution in [0, 0.1) is 4.77 Å². The number of nitrogens with one attached hydrogen (secondary N) is 1. The number of hydrogen-bond acceptors (Lipinski definition) is 4. The lowest BCUT2D eigenvalue weighted by atomic mass is 10.2. The highest BCUT2D eigenvalue weighted by molar-refractivity contribution is 7.71. The molecule has 86 valence electrons. The molecule has 0 aliphatic carbocycles. The highest BCUT2D eigenvalue weighted by Gasteiger charge is 2.17. The minimum atomic E-state index is -0.0188. The topological polar surface area (TPSA) is 53.8 Å². The van der Waals surface area contributed by atoms with Crippen LogP contribution in [-0.4, -0.2) is 19.6 Å². The lowest BCUT2D eigenvalue weighted by Crippen LogP contribution is -2.12. The predicted molar refractivity (Wildman–Crippen MR) is 66.1 cm³/mol. The maximum atomic E-state index is 9.27. The molecule has 0 bridgehead atoms. The Kier molecular flexibility index (Phi) is 3.52. The van der Waals surface area contributed by atoms with Gasteiger partial charge in [0.05, 0.1) is 18.3 Å². The molecule has 0 aliphatic heterocycles. The first-order valence-electron chi connectivity index (χ1n) is 5.07. The summed E-state index contributed by atoms with van der Waals surface area (Å²) in [6.45, 7) is 2.07. The largest absolute Gasteiger partial charge is 0.390 e. The van der Waals surface area contributed by atoms with Crippen molar-refractivity contribution in [3.8, 4) is 0 Å². The summed E-state index contributed by atoms with van der Waals surface area (Å²) in [7, 11) is 0. The van der Waals surface area contributed by atoms with Gasteiger partial charge in [-0.15, -0.1) is 11.3 Å². The van der Waals surface area contributed by atoms with Gasteiger partial charge in [0.25, 0.3) is 0 Å². The van der Waals surface area contributed by atoms with Gasteiger partial charge in [0.2, 0.25) is 0 Å². The molecule has 1 atom stereocenters. The van der Waals surface area contributed by atoms with Gasteiger partial charge in [-0.1, -0.05) is 6.92 Å². The first kappa shape index (κ1) is 11.5. The van der Waals surface area contributed by atoms with Crippen LogP contribution in [-0.2, 0) is 6.61 Å². The van der Waals surface area contributed by atoms with Crippen molar-refractivity contribution in [2.24, 2.45) is 0 Å². The van der Waals surface area contributed by atoms with E-state index in [4.69, 9.17) is 12.2 Å². The number of nitrogens with zero attached hydrogens (tertiary/aromatic N) is 2. The van der Waals surface area contributed by atoms with Crippen molar-refractivity contribution in [1.29, 1.82) is 0 Å². The van der Waals surface area contributed by atoms with Crippen LogP contribution >= 0.6 is 23.6 Å². The van der Waals surface area contributed by atoms with E-state index < -0.39 is 0 Å². The number of thiazole rings is 1. The smallest absolute Gasteiger partial charge is 0.178 e. The summed E-state index contributed by atoms with van der Waals surface area (Å²) >= 11 is 6.84. The van der Waals surface area contributed by atoms with E-state index in [2.05, 4.69) is 16.9 Å². The predicted octanol–water partition coefficient (Wildman–Crippen LogP) is 2.49. The summed E-state index contributed by atoms with van der Waals surface area (Å²) in [6, 6.07) is 0.112. The van der Waals surface area contributed by atoms with Crippen LogP contribution in [0.5, 0.6) is 0 Å². The second-order valence-corrected chi connectivity index (χ2v) is 4.72. The zero-order valence-electron chi connectivity index (χ0n) is 8.88. The SMILES string of the molecule is CCC(c1nccs1)n1c(CO)c[nH]c1=S. The van der Waals surface area contributed by atoms with Crippen molar-refractivity contribution in [3.05, 3.63) is 33.2 Å². The highest BCUT2D eigenvalue weighted by atomic mass is 32.1. The van der Waals surface area contributed by atoms with Gasteiger partial charge < -0.3 is 14.7 Å². The Hall–Kier alpha value is -0.980. The fraction of sp³-hybridized carbons (Fsp3) is 0.400. The van der Waals surface area contributed by atoms with Crippen LogP contribution in [0.15, 0.2) is 17.8 Å². The number of imidazole rings is 1. The molecule has 0 spiro atoms. The summed E-state index contributed by atoms with van der Waals surface area (Å²) < 4.78 is 2.57. The van der Waals surface area contributed by atoms with E-state index in [9.17, 15) is 5.11 Å². The van der Waals surface area contributed by atoms with Gasteiger partial charge in [0.1, 0.15) is 5.01 Å². The lowest BCUT2D eigenvalue weighted by Gasteiger charge is -2.16. The molecular weight excluding hydrogens is 242 g/mol. The van der Waals surface area contributed by atoms with Crippen molar-refractivity contribution in [2.75, 3.05) is 0 Å². The van der Waals surface area contributed by atoms with Crippen LogP contribution in [0.3, 0.4) is 0 Å². The van der Waals surface area contributed by atoms with Crippen molar-refractivity contribution in [1.82, 2.24) is 14.5 Å². The third-order valence-corrected chi connectivity index (χ3v) is 3.68. The molecule has 0 amide bonds. The fourth-order valence-corrected chi connectivity index (χ4v) is 2.86. The van der Waals surface area contributed by atoms with Gasteiger partial charge in [-0.05, 0) is 18.6 Å². The van der Waals surface area contributed by atoms with Crippen LogP contribution in [0.2, 0.25) is 0 Å². The van der Waals surface area contributed by atoms with Gasteiger partial charge in [-0.3, -0.25) is 0 Å². The first-order chi connectivity index (χ1) is 7.77. The lowest BCUT2D eigenvalue weighted by molar-refractivity contribution is 0.267. The molecule has 2 heterocycles. The minimum absolute atomic E-state index is 0.0188. The van der Waals surface area contributed by atoms with Gasteiger partial charge in [-0.2, -0.15) is 0 Å². The summed E-state index contributed by atoms with van der Waals surface area (Å²) in [6.07, 6.45) is 4.43. The van der Waals surface area contributed by atoms with Gasteiger partial charge in [-0.25, -0.2) is 4.98 Å². The second-order valence-electron chi connectivity index (χ2n) is 3.41. The van der Waals surface area contributed by atoms with Crippen LogP contribution in [0.4, 0.5) is 0 Å². The maximum Gasteiger partial charge on any atom is 0.178 e. The number of aliphatic hydroxyl groups is 1. The molecule has 2 N–H and O–H groups in total. The quantitative estimate of drug-likeness (QED) is 0.825. The zero-order chi connectivity index (χ0) is 11.5. The molecule has 0 saturated heterocycles. The molecule has 0 aliphatic rings. The van der Waals surface area contributed by atoms with Crippen molar-refractivity contribution in [3.63, 3.8) is 0 Å². The highest BCUT2D eigenvalue weighted by Crippen LogP contribution is 2.25. The van der Waals surface area contributed by atoms with Crippen molar-refractivity contribution >= 4 is 23.6 Å². The number of aliphatic hydroxyl groups excluding tert-OH is 1. The molecule has 0 fully saturated rings. The van der Waals surface area contributed by atoms with Crippen LogP contribution in [0.25, 0.3) is 0 Å². The van der Waals surface area contributed by atoms with E-state index in [1.807, 2.05) is 9.95 Å². The molecule has 0 aromatic carbocycles. The third-order valence-electron chi connectivity index (χ3n) is 2.49. The number of H-pyrrole nitrogens is 1. The molecule has 6 heteroatoms. The van der Waals surface area contributed by atoms with E-state index >= 15 is 0 Å². The molecule has 16 heavy (non-hydrogen) atoms. The number of hydrogen-bond donors (Lipinski definition) is 2. The van der Waals surface area contributed by atoms with Gasteiger partial charge in [0.15, 0.2) is 4.77 Å². The number of aromatic amines is 1. The molecule has 1 unspecified atom stereocenters. The van der Waals surface area contributed by atoms with Crippen LogP contribution in [0.1, 0.15) is 30.1 Å². The zero-order valence-corrected chi connectivity index (χ0v) is 10.5. The summed E-state index contributed by atoms with van der Waals surface area (Å²) in [5.74, 6) is 0. The monoisotopic (exact) mass is 255 g/mol. The summed E-state index contributed by atoms with van der Waals surface area (Å²) in [5.41, 5.74) is 0.798. The fourth-order valence-electron chi connectivity index (χ4n) is 1.74. The van der Waals surface area contributed by atoms with E-state index in [-0.39, 0.29) is 12.6 Å². The third kappa shape index (κ3) is 1.95. The summed E-state index contributed by atoms with van der Waals surface area (Å²) in [4.78, 5) is 7.28. The molecular formula is C10H13N3OS2. The molecule has 2 rings (SSSR count). The average Bonchev–Trinajstić information content (AvgIpc) is 2.91. The molecule has 0 radical (unpaired) electrons. The Morgan fingerprint density at radius 3 is 3.06 bits per heavy atom. The molecule has 0 saturated carbocycles. The van der Waals surface area contributed by atoms with E-state index in [0.717, 1.165) is 17.1 Å². The van der Waals surface area contributed by atoms with Crippen LogP contribution < -0.4 is 0 Å². The minimum Gasteiger partial charge on any atom is -0.390 e. The summed E-state index contributed by atoms with van der Waals surface area (Å²) in [5, 5.41) is 12.2. The van der Waals surface area contributed by atoms with Gasteiger partial charge >= 0.3 is 0 Å². The number of rotatable bonds is 4. The molecule has 2 aromatic heterocycles. The Morgan fingerprint density at radius 2 is 2.50 bits per heavy atom. The van der Waals surface area contributed by atoms with E-state index in [1.54, 1.807) is 23.7 Å². The Balaban J connectivity index is 2.48. The second kappa shape index (κ2) is 4.90. The van der Waals surface area contributed by atoms with Gasteiger partial charge in [0, 0.05) is 17.8 Å². The maximum absolute atomic E-state index is 9.27. The van der Waals surface area contributed by atoms with E-state index in [1.165, 1.54) is 0 Å². The van der Waals surface area contributed by atoms with E-state index in [0.29, 0.717) is 4.77 Å². The number of aromatic nitrogens is 3. The molecule has 4 nitrogen and oxygen atoms in total. The Bertz CT molecular complexity index is 500. The average molecular weight is 255 g/mol. The van der Waals surface area contributed by atoms with Crippen molar-refractivity contribution in [2.45, 2.75) is 26.0 Å². The molecule has 2 aromatic rings. The van der Waals surface area contributed by atoms with Crippen molar-refractivity contribution < 1.29 is 5.11 Å². The first-order valence-corrected chi connectivity index (χ1v) is 6.35. The Morgan fingerprint density at radius 1 is 1.69 bits per heavy atom. The normalized spacial score (nSPS) is 12.9. The Labute approximate surface area is 103 Å².